The third kappa shape index (κ3) is 6.93. The van der Waals surface area contributed by atoms with E-state index in [-0.39, 0.29) is 18.9 Å². The van der Waals surface area contributed by atoms with E-state index in [0.717, 1.165) is 6.42 Å². The summed E-state index contributed by atoms with van der Waals surface area (Å²) in [5, 5.41) is 13.8. The van der Waals surface area contributed by atoms with Crippen LogP contribution in [0.5, 0.6) is 0 Å². The van der Waals surface area contributed by atoms with Gasteiger partial charge in [0.2, 0.25) is 5.91 Å². The Morgan fingerprint density at radius 2 is 1.90 bits per heavy atom. The van der Waals surface area contributed by atoms with Crippen molar-refractivity contribution in [2.75, 3.05) is 6.54 Å². The molecule has 0 heterocycles. The molecule has 0 aliphatic heterocycles. The minimum absolute atomic E-state index is 0.0269. The second kappa shape index (κ2) is 9.13. The van der Waals surface area contributed by atoms with E-state index in [4.69, 9.17) is 16.6 Å². The fourth-order valence-electron chi connectivity index (χ4n) is 1.56. The molecule has 0 aliphatic carbocycles. The molecule has 3 unspecified atom stereocenters. The van der Waals surface area contributed by atoms with Gasteiger partial charge in [0.1, 0.15) is 6.04 Å². The lowest BCUT2D eigenvalue weighted by atomic mass is 9.99. The van der Waals surface area contributed by atoms with Crippen molar-refractivity contribution in [1.29, 1.82) is 0 Å². The Bertz CT molecular complexity index is 348. The Morgan fingerprint density at radius 3 is 2.35 bits per heavy atom. The molecule has 0 fully saturated rings. The van der Waals surface area contributed by atoms with Crippen LogP contribution >= 0.6 is 0 Å². The maximum absolute atomic E-state index is 11.8. The molecule has 7 N–H and O–H groups in total. The fraction of sp³-hybridized carbons (Fsp3) is 0.750. The summed E-state index contributed by atoms with van der Waals surface area (Å²) >= 11 is 0. The number of rotatable bonds is 9. The highest BCUT2D eigenvalue weighted by Crippen LogP contribution is 2.06. The molecule has 116 valence electrons. The molecule has 0 aromatic heterocycles. The van der Waals surface area contributed by atoms with Crippen LogP contribution in [-0.4, -0.2) is 41.6 Å². The monoisotopic (exact) mass is 288 g/mol. The summed E-state index contributed by atoms with van der Waals surface area (Å²) in [6.07, 6.45) is 1.31. The Balaban J connectivity index is 4.30. The van der Waals surface area contributed by atoms with Gasteiger partial charge in [-0.1, -0.05) is 20.3 Å². The van der Waals surface area contributed by atoms with Gasteiger partial charge < -0.3 is 27.2 Å². The Hall–Kier alpha value is -1.83. The van der Waals surface area contributed by atoms with Gasteiger partial charge in [0.25, 0.3) is 0 Å². The second-order valence-corrected chi connectivity index (χ2v) is 4.74. The summed E-state index contributed by atoms with van der Waals surface area (Å²) < 4.78 is 0. The maximum Gasteiger partial charge on any atom is 0.326 e. The lowest BCUT2D eigenvalue weighted by Crippen LogP contribution is -2.50. The van der Waals surface area contributed by atoms with E-state index in [1.807, 2.05) is 13.8 Å². The van der Waals surface area contributed by atoms with Crippen LogP contribution in [0.25, 0.3) is 0 Å². The van der Waals surface area contributed by atoms with E-state index >= 15 is 0 Å². The molecule has 0 radical (unpaired) electrons. The van der Waals surface area contributed by atoms with Crippen molar-refractivity contribution in [3.63, 3.8) is 0 Å². The summed E-state index contributed by atoms with van der Waals surface area (Å²) in [4.78, 5) is 33.3. The van der Waals surface area contributed by atoms with Gasteiger partial charge in [0.05, 0.1) is 6.04 Å². The fourth-order valence-corrected chi connectivity index (χ4v) is 1.56. The van der Waals surface area contributed by atoms with Gasteiger partial charge in [-0.2, -0.15) is 0 Å². The van der Waals surface area contributed by atoms with E-state index < -0.39 is 30.0 Å². The van der Waals surface area contributed by atoms with Gasteiger partial charge in [-0.25, -0.2) is 9.59 Å². The van der Waals surface area contributed by atoms with Crippen molar-refractivity contribution in [2.45, 2.75) is 45.2 Å². The smallest absolute Gasteiger partial charge is 0.326 e. The van der Waals surface area contributed by atoms with Crippen LogP contribution in [0.1, 0.15) is 33.1 Å². The average Bonchev–Trinajstić information content (AvgIpc) is 2.39. The molecule has 0 saturated heterocycles. The first-order valence-corrected chi connectivity index (χ1v) is 6.61. The maximum atomic E-state index is 11.8. The normalized spacial score (nSPS) is 14.9. The van der Waals surface area contributed by atoms with Gasteiger partial charge in [-0.3, -0.25) is 4.79 Å². The molecule has 8 nitrogen and oxygen atoms in total. The number of carboxylic acids is 1. The quantitative estimate of drug-likeness (QED) is 0.358. The highest BCUT2D eigenvalue weighted by Gasteiger charge is 2.25. The van der Waals surface area contributed by atoms with Crippen LogP contribution in [0, 0.1) is 5.92 Å². The SMILES string of the molecule is CCC(C)C(N)C(=O)NC(CCCNC(N)=O)C(=O)O. The summed E-state index contributed by atoms with van der Waals surface area (Å²) in [5.41, 5.74) is 10.6. The Labute approximate surface area is 118 Å². The molecule has 0 rings (SSSR count). The molecule has 20 heavy (non-hydrogen) atoms. The van der Waals surface area contributed by atoms with Gasteiger partial charge in [-0.15, -0.1) is 0 Å². The lowest BCUT2D eigenvalue weighted by molar-refractivity contribution is -0.142. The third-order valence-electron chi connectivity index (χ3n) is 3.14. The number of nitrogens with two attached hydrogens (primary N) is 2. The van der Waals surface area contributed by atoms with Crippen LogP contribution < -0.4 is 22.1 Å². The van der Waals surface area contributed by atoms with Gasteiger partial charge >= 0.3 is 12.0 Å². The molecular weight excluding hydrogens is 264 g/mol. The number of aliphatic carboxylic acids is 1. The number of hydrogen-bond acceptors (Lipinski definition) is 4. The van der Waals surface area contributed by atoms with E-state index in [0.29, 0.717) is 6.42 Å². The van der Waals surface area contributed by atoms with E-state index in [1.54, 1.807) is 0 Å². The molecule has 0 aromatic carbocycles. The summed E-state index contributed by atoms with van der Waals surface area (Å²) in [6.45, 7) is 3.99. The molecule has 0 aliphatic rings. The van der Waals surface area contributed by atoms with Crippen LogP contribution in [0.3, 0.4) is 0 Å². The highest BCUT2D eigenvalue weighted by molar-refractivity contribution is 5.86. The van der Waals surface area contributed by atoms with Crippen molar-refractivity contribution in [1.82, 2.24) is 10.6 Å². The molecule has 0 saturated carbocycles. The predicted molar refractivity (Wildman–Crippen MR) is 73.8 cm³/mol. The molecule has 3 amide bonds. The van der Waals surface area contributed by atoms with Crippen LogP contribution in [-0.2, 0) is 9.59 Å². The van der Waals surface area contributed by atoms with Crippen molar-refractivity contribution in [3.05, 3.63) is 0 Å². The van der Waals surface area contributed by atoms with Gasteiger partial charge in [0, 0.05) is 6.54 Å². The zero-order valence-electron chi connectivity index (χ0n) is 11.9. The number of carbonyl (C=O) groups excluding carboxylic acids is 2. The molecular formula is C12H24N4O4. The first kappa shape index (κ1) is 18.2. The standard InChI is InChI=1S/C12H24N4O4/c1-3-7(2)9(13)10(17)16-8(11(18)19)5-4-6-15-12(14)20/h7-9H,3-6,13H2,1-2H3,(H,16,17)(H,18,19)(H3,14,15,20). The van der Waals surface area contributed by atoms with Crippen LogP contribution in [0.15, 0.2) is 0 Å². The number of carbonyl (C=O) groups is 3. The number of urea groups is 1. The second-order valence-electron chi connectivity index (χ2n) is 4.74. The zero-order chi connectivity index (χ0) is 15.7. The molecule has 0 bridgehead atoms. The zero-order valence-corrected chi connectivity index (χ0v) is 11.9. The first-order chi connectivity index (χ1) is 9.29. The van der Waals surface area contributed by atoms with Crippen molar-refractivity contribution in [2.24, 2.45) is 17.4 Å². The molecule has 0 aromatic rings. The number of primary amides is 1. The van der Waals surface area contributed by atoms with E-state index in [9.17, 15) is 14.4 Å². The Morgan fingerprint density at radius 1 is 1.30 bits per heavy atom. The van der Waals surface area contributed by atoms with Gasteiger partial charge in [0.15, 0.2) is 0 Å². The largest absolute Gasteiger partial charge is 0.480 e. The minimum Gasteiger partial charge on any atom is -0.480 e. The molecule has 8 heteroatoms. The average molecular weight is 288 g/mol. The van der Waals surface area contributed by atoms with Crippen LogP contribution in [0.2, 0.25) is 0 Å². The predicted octanol–water partition coefficient (Wildman–Crippen LogP) is -0.622. The molecule has 0 spiro atoms. The lowest BCUT2D eigenvalue weighted by Gasteiger charge is -2.21. The third-order valence-corrected chi connectivity index (χ3v) is 3.14. The molecule has 3 atom stereocenters. The summed E-state index contributed by atoms with van der Waals surface area (Å²) in [6, 6.07) is -2.42. The van der Waals surface area contributed by atoms with E-state index in [2.05, 4.69) is 10.6 Å². The number of nitrogens with one attached hydrogen (secondary N) is 2. The van der Waals surface area contributed by atoms with Crippen molar-refractivity contribution >= 4 is 17.9 Å². The van der Waals surface area contributed by atoms with Crippen molar-refractivity contribution in [3.8, 4) is 0 Å². The minimum atomic E-state index is -1.13. The van der Waals surface area contributed by atoms with E-state index in [1.165, 1.54) is 0 Å². The van der Waals surface area contributed by atoms with Crippen LogP contribution in [0.4, 0.5) is 4.79 Å². The summed E-state index contributed by atoms with van der Waals surface area (Å²) in [5.74, 6) is -1.63. The Kier molecular flexibility index (Phi) is 8.30. The first-order valence-electron chi connectivity index (χ1n) is 6.61. The number of carboxylic acid groups (broad SMARTS) is 1. The van der Waals surface area contributed by atoms with Gasteiger partial charge in [-0.05, 0) is 18.8 Å². The number of hydrogen-bond donors (Lipinski definition) is 5. The highest BCUT2D eigenvalue weighted by atomic mass is 16.4. The van der Waals surface area contributed by atoms with Crippen molar-refractivity contribution < 1.29 is 19.5 Å². The topological polar surface area (TPSA) is 148 Å². The number of amides is 3. The summed E-state index contributed by atoms with van der Waals surface area (Å²) in [7, 11) is 0.